The number of benzene rings is 1. The highest BCUT2D eigenvalue weighted by molar-refractivity contribution is 5.76. The van der Waals surface area contributed by atoms with E-state index >= 15 is 0 Å². The Morgan fingerprint density at radius 3 is 2.74 bits per heavy atom. The second-order valence-corrected chi connectivity index (χ2v) is 4.31. The summed E-state index contributed by atoms with van der Waals surface area (Å²) in [5, 5.41) is 17.3. The van der Waals surface area contributed by atoms with Crippen LogP contribution >= 0.6 is 0 Å². The van der Waals surface area contributed by atoms with E-state index in [1.807, 2.05) is 12.1 Å². The quantitative estimate of drug-likeness (QED) is 0.845. The molecule has 1 N–H and O–H groups in total. The van der Waals surface area contributed by atoms with E-state index in [9.17, 15) is 9.59 Å². The maximum Gasteiger partial charge on any atom is 0.303 e. The van der Waals surface area contributed by atoms with Crippen molar-refractivity contribution >= 4 is 11.9 Å². The highest BCUT2D eigenvalue weighted by Gasteiger charge is 2.10. The summed E-state index contributed by atoms with van der Waals surface area (Å²) in [6.45, 7) is 0.418. The molecule has 0 saturated carbocycles. The lowest BCUT2D eigenvalue weighted by Crippen LogP contribution is -2.26. The van der Waals surface area contributed by atoms with Crippen LogP contribution in [-0.4, -0.2) is 28.9 Å². The summed E-state index contributed by atoms with van der Waals surface area (Å²) in [6.07, 6.45) is 0.570. The first-order chi connectivity index (χ1) is 9.02. The van der Waals surface area contributed by atoms with Gasteiger partial charge in [-0.1, -0.05) is 12.1 Å². The number of aliphatic carboxylic acids is 1. The topological polar surface area (TPSA) is 81.4 Å². The van der Waals surface area contributed by atoms with Gasteiger partial charge < -0.3 is 10.0 Å². The molecule has 0 spiro atoms. The predicted molar refractivity (Wildman–Crippen MR) is 69.1 cm³/mol. The molecule has 0 bridgehead atoms. The highest BCUT2D eigenvalue weighted by Crippen LogP contribution is 2.08. The summed E-state index contributed by atoms with van der Waals surface area (Å²) in [5.74, 6) is -0.985. The van der Waals surface area contributed by atoms with E-state index in [4.69, 9.17) is 10.4 Å². The fourth-order valence-electron chi connectivity index (χ4n) is 1.68. The molecule has 0 fully saturated rings. The first-order valence-corrected chi connectivity index (χ1v) is 5.97. The minimum Gasteiger partial charge on any atom is -0.481 e. The number of carboxylic acids is 1. The second kappa shape index (κ2) is 7.17. The van der Waals surface area contributed by atoms with Gasteiger partial charge in [-0.05, 0) is 24.1 Å². The van der Waals surface area contributed by atoms with E-state index in [0.29, 0.717) is 18.5 Å². The monoisotopic (exact) mass is 260 g/mol. The zero-order valence-corrected chi connectivity index (χ0v) is 10.8. The number of carbonyl (C=O) groups excluding carboxylic acids is 1. The molecule has 0 aliphatic rings. The van der Waals surface area contributed by atoms with Crippen molar-refractivity contribution in [1.82, 2.24) is 4.90 Å². The van der Waals surface area contributed by atoms with Crippen LogP contribution in [0.4, 0.5) is 0 Å². The Morgan fingerprint density at radius 1 is 1.37 bits per heavy atom. The Labute approximate surface area is 112 Å². The van der Waals surface area contributed by atoms with Crippen molar-refractivity contribution in [3.63, 3.8) is 0 Å². The van der Waals surface area contributed by atoms with E-state index < -0.39 is 5.97 Å². The molecule has 1 amide bonds. The molecular formula is C14H16N2O3. The number of carboxylic acid groups (broad SMARTS) is 1. The van der Waals surface area contributed by atoms with Gasteiger partial charge in [-0.25, -0.2) is 0 Å². The van der Waals surface area contributed by atoms with Gasteiger partial charge in [0.1, 0.15) is 0 Å². The molecule has 0 aliphatic heterocycles. The molecule has 5 heteroatoms. The molecule has 0 saturated heterocycles. The van der Waals surface area contributed by atoms with Crippen molar-refractivity contribution < 1.29 is 14.7 Å². The lowest BCUT2D eigenvalue weighted by Gasteiger charge is -2.17. The van der Waals surface area contributed by atoms with Crippen LogP contribution in [0.5, 0.6) is 0 Å². The second-order valence-electron chi connectivity index (χ2n) is 4.31. The van der Waals surface area contributed by atoms with Crippen LogP contribution in [0, 0.1) is 11.3 Å². The zero-order chi connectivity index (χ0) is 14.3. The van der Waals surface area contributed by atoms with Gasteiger partial charge in [-0.15, -0.1) is 0 Å². The summed E-state index contributed by atoms with van der Waals surface area (Å²) >= 11 is 0. The molecular weight excluding hydrogens is 244 g/mol. The zero-order valence-electron chi connectivity index (χ0n) is 10.8. The SMILES string of the molecule is CN(Cc1cccc(C#N)c1)C(=O)CCCC(=O)O. The van der Waals surface area contributed by atoms with Crippen LogP contribution in [0.3, 0.4) is 0 Å². The van der Waals surface area contributed by atoms with Crippen LogP contribution < -0.4 is 0 Å². The van der Waals surface area contributed by atoms with Crippen molar-refractivity contribution in [1.29, 1.82) is 5.26 Å². The average molecular weight is 260 g/mol. The molecule has 0 radical (unpaired) electrons. The van der Waals surface area contributed by atoms with Crippen LogP contribution in [0.1, 0.15) is 30.4 Å². The van der Waals surface area contributed by atoms with Crippen LogP contribution in [0.25, 0.3) is 0 Å². The Hall–Kier alpha value is -2.35. The number of hydrogen-bond donors (Lipinski definition) is 1. The molecule has 19 heavy (non-hydrogen) atoms. The molecule has 0 aromatic heterocycles. The number of carbonyl (C=O) groups is 2. The number of amides is 1. The third-order valence-electron chi connectivity index (χ3n) is 2.68. The maximum atomic E-state index is 11.8. The molecule has 1 rings (SSSR count). The number of rotatable bonds is 6. The number of nitrogens with zero attached hydrogens (tertiary/aromatic N) is 2. The average Bonchev–Trinajstić information content (AvgIpc) is 2.38. The first kappa shape index (κ1) is 14.7. The van der Waals surface area contributed by atoms with E-state index in [0.717, 1.165) is 5.56 Å². The molecule has 0 atom stereocenters. The van der Waals surface area contributed by atoms with Gasteiger partial charge in [0.2, 0.25) is 5.91 Å². The first-order valence-electron chi connectivity index (χ1n) is 5.97. The summed E-state index contributed by atoms with van der Waals surface area (Å²) in [5.41, 5.74) is 1.44. The van der Waals surface area contributed by atoms with Gasteiger partial charge in [0.25, 0.3) is 0 Å². The molecule has 0 heterocycles. The Kier molecular flexibility index (Phi) is 5.55. The smallest absolute Gasteiger partial charge is 0.303 e. The summed E-state index contributed by atoms with van der Waals surface area (Å²) in [7, 11) is 1.67. The van der Waals surface area contributed by atoms with Crippen LogP contribution in [0.2, 0.25) is 0 Å². The highest BCUT2D eigenvalue weighted by atomic mass is 16.4. The van der Waals surface area contributed by atoms with Crippen LogP contribution in [-0.2, 0) is 16.1 Å². The largest absolute Gasteiger partial charge is 0.481 e. The Balaban J connectivity index is 2.49. The molecule has 0 aliphatic carbocycles. The van der Waals surface area contributed by atoms with E-state index in [-0.39, 0.29) is 18.7 Å². The summed E-state index contributed by atoms with van der Waals surface area (Å²) < 4.78 is 0. The third-order valence-corrected chi connectivity index (χ3v) is 2.68. The lowest BCUT2D eigenvalue weighted by atomic mass is 10.1. The van der Waals surface area contributed by atoms with Gasteiger partial charge in [0.15, 0.2) is 0 Å². The van der Waals surface area contributed by atoms with Crippen molar-refractivity contribution in [2.75, 3.05) is 7.05 Å². The van der Waals surface area contributed by atoms with Gasteiger partial charge in [0, 0.05) is 26.4 Å². The number of nitriles is 1. The summed E-state index contributed by atoms with van der Waals surface area (Å²) in [6, 6.07) is 9.12. The molecule has 5 nitrogen and oxygen atoms in total. The van der Waals surface area contributed by atoms with Crippen molar-refractivity contribution in [3.8, 4) is 6.07 Å². The minimum absolute atomic E-state index is 0.00347. The maximum absolute atomic E-state index is 11.8. The van der Waals surface area contributed by atoms with Crippen molar-refractivity contribution in [2.45, 2.75) is 25.8 Å². The fraction of sp³-hybridized carbons (Fsp3) is 0.357. The van der Waals surface area contributed by atoms with Crippen molar-refractivity contribution in [2.24, 2.45) is 0 Å². The predicted octanol–water partition coefficient (Wildman–Crippen LogP) is 1.77. The van der Waals surface area contributed by atoms with Gasteiger partial charge in [-0.3, -0.25) is 9.59 Å². The molecule has 100 valence electrons. The van der Waals surface area contributed by atoms with Gasteiger partial charge in [0.05, 0.1) is 11.6 Å². The molecule has 1 aromatic rings. The van der Waals surface area contributed by atoms with E-state index in [2.05, 4.69) is 0 Å². The van der Waals surface area contributed by atoms with Crippen LogP contribution in [0.15, 0.2) is 24.3 Å². The molecule has 0 unspecified atom stereocenters. The van der Waals surface area contributed by atoms with Crippen molar-refractivity contribution in [3.05, 3.63) is 35.4 Å². The van der Waals surface area contributed by atoms with Gasteiger partial charge >= 0.3 is 5.97 Å². The minimum atomic E-state index is -0.892. The number of hydrogen-bond acceptors (Lipinski definition) is 3. The van der Waals surface area contributed by atoms with E-state index in [1.54, 1.807) is 30.1 Å². The Bertz CT molecular complexity index is 506. The fourth-order valence-corrected chi connectivity index (χ4v) is 1.68. The third kappa shape index (κ3) is 5.21. The van der Waals surface area contributed by atoms with E-state index in [1.165, 1.54) is 0 Å². The molecule has 1 aromatic carbocycles. The standard InChI is InChI=1S/C14H16N2O3/c1-16(13(17)6-3-7-14(18)19)10-12-5-2-4-11(8-12)9-15/h2,4-5,8H,3,6-7,10H2,1H3,(H,18,19). The normalized spacial score (nSPS) is 9.68. The summed E-state index contributed by atoms with van der Waals surface area (Å²) in [4.78, 5) is 23.6. The lowest BCUT2D eigenvalue weighted by molar-refractivity contribution is -0.137. The Morgan fingerprint density at radius 2 is 2.11 bits per heavy atom. The van der Waals surface area contributed by atoms with Gasteiger partial charge in [-0.2, -0.15) is 5.26 Å².